The van der Waals surface area contributed by atoms with Crippen molar-refractivity contribution < 1.29 is 4.79 Å². The van der Waals surface area contributed by atoms with Gasteiger partial charge in [0.2, 0.25) is 5.91 Å². The number of benzene rings is 2. The summed E-state index contributed by atoms with van der Waals surface area (Å²) < 4.78 is 1.96. The fourth-order valence-corrected chi connectivity index (χ4v) is 3.03. The number of carbonyl (C=O) groups is 1. The minimum atomic E-state index is 0.0130. The van der Waals surface area contributed by atoms with Crippen LogP contribution in [0, 0.1) is 0 Å². The van der Waals surface area contributed by atoms with Crippen molar-refractivity contribution in [2.75, 3.05) is 11.1 Å². The molecule has 2 aromatic rings. The van der Waals surface area contributed by atoms with Gasteiger partial charge in [-0.25, -0.2) is 0 Å². The van der Waals surface area contributed by atoms with E-state index in [0.717, 1.165) is 20.4 Å². The molecule has 0 radical (unpaired) electrons. The number of para-hydroxylation sites is 1. The van der Waals surface area contributed by atoms with Crippen LogP contribution in [0.2, 0.25) is 0 Å². The van der Waals surface area contributed by atoms with E-state index in [4.69, 9.17) is 0 Å². The summed E-state index contributed by atoms with van der Waals surface area (Å²) in [5.41, 5.74) is 2.02. The molecule has 0 unspecified atom stereocenters. The third-order valence-electron chi connectivity index (χ3n) is 2.56. The van der Waals surface area contributed by atoms with Crippen molar-refractivity contribution in [3.8, 4) is 0 Å². The van der Waals surface area contributed by atoms with Gasteiger partial charge in [0.15, 0.2) is 0 Å². The number of rotatable bonds is 5. The second-order valence-electron chi connectivity index (χ2n) is 4.15. The molecule has 104 valence electrons. The SMILES string of the molecule is O=C(CSCc1ccc(Br)cc1)Nc1ccccc1Br. The first-order valence-corrected chi connectivity index (χ1v) is 8.76. The van der Waals surface area contributed by atoms with E-state index in [0.29, 0.717) is 5.75 Å². The highest BCUT2D eigenvalue weighted by atomic mass is 79.9. The summed E-state index contributed by atoms with van der Waals surface area (Å²) in [7, 11) is 0. The average molecular weight is 415 g/mol. The first-order chi connectivity index (χ1) is 9.65. The van der Waals surface area contributed by atoms with Crippen molar-refractivity contribution in [3.63, 3.8) is 0 Å². The van der Waals surface area contributed by atoms with Crippen LogP contribution in [0.5, 0.6) is 0 Å². The van der Waals surface area contributed by atoms with Gasteiger partial charge in [-0.05, 0) is 45.8 Å². The number of amides is 1. The van der Waals surface area contributed by atoms with E-state index in [1.807, 2.05) is 36.4 Å². The smallest absolute Gasteiger partial charge is 0.234 e. The van der Waals surface area contributed by atoms with Crippen molar-refractivity contribution in [2.45, 2.75) is 5.75 Å². The molecule has 2 rings (SSSR count). The van der Waals surface area contributed by atoms with E-state index in [1.165, 1.54) is 5.56 Å². The van der Waals surface area contributed by atoms with Crippen molar-refractivity contribution in [1.82, 2.24) is 0 Å². The summed E-state index contributed by atoms with van der Waals surface area (Å²) in [5, 5.41) is 2.89. The molecule has 0 aliphatic rings. The van der Waals surface area contributed by atoms with Gasteiger partial charge in [-0.3, -0.25) is 4.79 Å². The zero-order valence-corrected chi connectivity index (χ0v) is 14.6. The number of nitrogens with one attached hydrogen (secondary N) is 1. The fraction of sp³-hybridized carbons (Fsp3) is 0.133. The first kappa shape index (κ1) is 15.6. The third kappa shape index (κ3) is 4.96. The topological polar surface area (TPSA) is 29.1 Å². The van der Waals surface area contributed by atoms with Crippen LogP contribution in [0.25, 0.3) is 0 Å². The zero-order chi connectivity index (χ0) is 14.4. The minimum absolute atomic E-state index is 0.0130. The van der Waals surface area contributed by atoms with E-state index in [2.05, 4.69) is 49.3 Å². The van der Waals surface area contributed by atoms with Crippen molar-refractivity contribution in [1.29, 1.82) is 0 Å². The molecular weight excluding hydrogens is 402 g/mol. The van der Waals surface area contributed by atoms with Crippen LogP contribution in [0.3, 0.4) is 0 Å². The summed E-state index contributed by atoms with van der Waals surface area (Å²) in [4.78, 5) is 11.8. The quantitative estimate of drug-likeness (QED) is 0.738. The van der Waals surface area contributed by atoms with Gasteiger partial charge in [0.25, 0.3) is 0 Å². The normalized spacial score (nSPS) is 10.3. The fourth-order valence-electron chi connectivity index (χ4n) is 1.59. The molecule has 0 heterocycles. The molecule has 0 spiro atoms. The van der Waals surface area contributed by atoms with Crippen LogP contribution in [0.4, 0.5) is 5.69 Å². The molecule has 20 heavy (non-hydrogen) atoms. The highest BCUT2D eigenvalue weighted by molar-refractivity contribution is 9.10. The van der Waals surface area contributed by atoms with Gasteiger partial charge in [-0.2, -0.15) is 0 Å². The molecule has 0 aromatic heterocycles. The zero-order valence-electron chi connectivity index (χ0n) is 10.6. The van der Waals surface area contributed by atoms with Crippen molar-refractivity contribution in [2.24, 2.45) is 0 Å². The van der Waals surface area contributed by atoms with Crippen LogP contribution in [0.1, 0.15) is 5.56 Å². The predicted molar refractivity (Wildman–Crippen MR) is 93.1 cm³/mol. The Morgan fingerprint density at radius 1 is 1.05 bits per heavy atom. The molecule has 0 saturated heterocycles. The van der Waals surface area contributed by atoms with Gasteiger partial charge < -0.3 is 5.32 Å². The first-order valence-electron chi connectivity index (χ1n) is 6.02. The molecule has 2 aromatic carbocycles. The number of anilines is 1. The molecular formula is C15H13Br2NOS. The molecule has 2 nitrogen and oxygen atoms in total. The lowest BCUT2D eigenvalue weighted by atomic mass is 10.2. The Hall–Kier alpha value is -0.780. The second kappa shape index (κ2) is 7.86. The Labute approximate surface area is 139 Å². The monoisotopic (exact) mass is 413 g/mol. The average Bonchev–Trinajstić information content (AvgIpc) is 2.44. The Bertz CT molecular complexity index is 587. The van der Waals surface area contributed by atoms with Gasteiger partial charge in [0, 0.05) is 14.7 Å². The van der Waals surface area contributed by atoms with Gasteiger partial charge in [-0.15, -0.1) is 11.8 Å². The Kier molecular flexibility index (Phi) is 6.13. The Morgan fingerprint density at radius 2 is 1.75 bits per heavy atom. The molecule has 0 bridgehead atoms. The molecule has 0 aliphatic carbocycles. The highest BCUT2D eigenvalue weighted by Gasteiger charge is 2.05. The van der Waals surface area contributed by atoms with Crippen LogP contribution < -0.4 is 5.32 Å². The van der Waals surface area contributed by atoms with Crippen LogP contribution in [0.15, 0.2) is 57.5 Å². The van der Waals surface area contributed by atoms with E-state index < -0.39 is 0 Å². The number of thioether (sulfide) groups is 1. The number of hydrogen-bond acceptors (Lipinski definition) is 2. The van der Waals surface area contributed by atoms with Crippen LogP contribution in [-0.4, -0.2) is 11.7 Å². The molecule has 0 fully saturated rings. The molecule has 1 amide bonds. The van der Waals surface area contributed by atoms with Crippen LogP contribution in [-0.2, 0) is 10.5 Å². The van der Waals surface area contributed by atoms with Gasteiger partial charge in [-0.1, -0.05) is 40.2 Å². The largest absolute Gasteiger partial charge is 0.324 e. The van der Waals surface area contributed by atoms with Crippen molar-refractivity contribution >= 4 is 55.2 Å². The lowest BCUT2D eigenvalue weighted by Gasteiger charge is -2.07. The maximum atomic E-state index is 11.8. The third-order valence-corrected chi connectivity index (χ3v) is 4.79. The summed E-state index contributed by atoms with van der Waals surface area (Å²) in [6, 6.07) is 15.7. The van der Waals surface area contributed by atoms with E-state index in [-0.39, 0.29) is 5.91 Å². The summed E-state index contributed by atoms with van der Waals surface area (Å²) >= 11 is 8.42. The Morgan fingerprint density at radius 3 is 2.45 bits per heavy atom. The lowest BCUT2D eigenvalue weighted by molar-refractivity contribution is -0.113. The molecule has 0 atom stereocenters. The van der Waals surface area contributed by atoms with Gasteiger partial charge >= 0.3 is 0 Å². The molecule has 1 N–H and O–H groups in total. The standard InChI is InChI=1S/C15H13Br2NOS/c16-12-7-5-11(6-8-12)9-20-10-15(19)18-14-4-2-1-3-13(14)17/h1-8H,9-10H2,(H,18,19). The number of halogens is 2. The predicted octanol–water partition coefficient (Wildman–Crippen LogP) is 5.08. The van der Waals surface area contributed by atoms with E-state index >= 15 is 0 Å². The van der Waals surface area contributed by atoms with Gasteiger partial charge in [0.1, 0.15) is 0 Å². The van der Waals surface area contributed by atoms with E-state index in [1.54, 1.807) is 11.8 Å². The van der Waals surface area contributed by atoms with E-state index in [9.17, 15) is 4.79 Å². The van der Waals surface area contributed by atoms with Crippen LogP contribution >= 0.6 is 43.6 Å². The van der Waals surface area contributed by atoms with Crippen molar-refractivity contribution in [3.05, 3.63) is 63.0 Å². The summed E-state index contributed by atoms with van der Waals surface area (Å²) in [5.74, 6) is 1.28. The lowest BCUT2D eigenvalue weighted by Crippen LogP contribution is -2.14. The van der Waals surface area contributed by atoms with Gasteiger partial charge in [0.05, 0.1) is 11.4 Å². The molecule has 5 heteroatoms. The molecule has 0 aliphatic heterocycles. The maximum Gasteiger partial charge on any atom is 0.234 e. The number of carbonyl (C=O) groups excluding carboxylic acids is 1. The highest BCUT2D eigenvalue weighted by Crippen LogP contribution is 2.22. The Balaban J connectivity index is 1.78. The minimum Gasteiger partial charge on any atom is -0.324 e. The second-order valence-corrected chi connectivity index (χ2v) is 6.90. The summed E-state index contributed by atoms with van der Waals surface area (Å²) in [6.45, 7) is 0. The maximum absolute atomic E-state index is 11.8. The molecule has 0 saturated carbocycles. The number of hydrogen-bond donors (Lipinski definition) is 1. The summed E-state index contributed by atoms with van der Waals surface area (Å²) in [6.07, 6.45) is 0.